The first kappa shape index (κ1) is 16.6. The normalized spacial score (nSPS) is 18.7. The zero-order valence-electron chi connectivity index (χ0n) is 15.0. The zero-order valence-corrected chi connectivity index (χ0v) is 16.0. The first-order chi connectivity index (χ1) is 10.6. The molecule has 0 bridgehead atoms. The van der Waals surface area contributed by atoms with E-state index < -0.39 is 8.32 Å². The lowest BCUT2D eigenvalue weighted by atomic mass is 10.1. The molecule has 0 radical (unpaired) electrons. The van der Waals surface area contributed by atoms with Gasteiger partial charge in [-0.05, 0) is 61.0 Å². The molecule has 5 heteroatoms. The molecule has 0 amide bonds. The second-order valence-corrected chi connectivity index (χ2v) is 13.2. The highest BCUT2D eigenvalue weighted by Gasteiger charge is 2.38. The van der Waals surface area contributed by atoms with Gasteiger partial charge in [0.2, 0.25) is 0 Å². The summed E-state index contributed by atoms with van der Waals surface area (Å²) in [5.41, 5.74) is 3.24. The Morgan fingerprint density at radius 1 is 1.35 bits per heavy atom. The van der Waals surface area contributed by atoms with Crippen molar-refractivity contribution in [1.82, 2.24) is 9.97 Å². The van der Waals surface area contributed by atoms with E-state index in [0.717, 1.165) is 41.9 Å². The van der Waals surface area contributed by atoms with E-state index >= 15 is 0 Å². The number of imidazole rings is 1. The Morgan fingerprint density at radius 3 is 2.70 bits per heavy atom. The number of fused-ring (bicyclic) bond motifs is 2. The average molecular weight is 335 g/mol. The number of nitrogens with one attached hydrogen (secondary N) is 1. The topological polar surface area (TPSA) is 37.9 Å². The number of nitrogens with zero attached hydrogens (tertiary/aromatic N) is 1. The maximum Gasteiger partial charge on any atom is 0.191 e. The van der Waals surface area contributed by atoms with Gasteiger partial charge in [-0.25, -0.2) is 9.37 Å². The van der Waals surface area contributed by atoms with Crippen LogP contribution in [0, 0.1) is 18.7 Å². The molecule has 1 aliphatic carbocycles. The maximum atomic E-state index is 14.7. The van der Waals surface area contributed by atoms with Crippen LogP contribution in [0.2, 0.25) is 18.1 Å². The third kappa shape index (κ3) is 2.96. The van der Waals surface area contributed by atoms with E-state index in [1.54, 1.807) is 0 Å². The Hall–Kier alpha value is -1.20. The number of hydrogen-bond acceptors (Lipinski definition) is 2. The number of hydrogen-bond donors (Lipinski definition) is 1. The van der Waals surface area contributed by atoms with Crippen molar-refractivity contribution in [2.24, 2.45) is 5.92 Å². The summed E-state index contributed by atoms with van der Waals surface area (Å²) < 4.78 is 21.0. The van der Waals surface area contributed by atoms with E-state index in [1.807, 2.05) is 6.92 Å². The number of rotatable bonds is 3. The first-order valence-electron chi connectivity index (χ1n) is 8.39. The molecule has 0 saturated heterocycles. The van der Waals surface area contributed by atoms with Crippen molar-refractivity contribution in [3.63, 3.8) is 0 Å². The van der Waals surface area contributed by atoms with Crippen molar-refractivity contribution >= 4 is 19.4 Å². The molecule has 1 N–H and O–H groups in total. The molecular weight excluding hydrogens is 307 g/mol. The number of benzene rings is 1. The SMILES string of the molecule is Cc1nc2c(F)c3c(cc2[nH]1)CC(CO[Si](C)(C)C(C)(C)C)C3. The van der Waals surface area contributed by atoms with E-state index in [-0.39, 0.29) is 10.9 Å². The maximum absolute atomic E-state index is 14.7. The van der Waals surface area contributed by atoms with Crippen LogP contribution in [0.3, 0.4) is 0 Å². The minimum atomic E-state index is -1.74. The summed E-state index contributed by atoms with van der Waals surface area (Å²) in [7, 11) is -1.74. The minimum absolute atomic E-state index is 0.142. The molecule has 0 fully saturated rings. The lowest BCUT2D eigenvalue weighted by Gasteiger charge is -2.37. The van der Waals surface area contributed by atoms with Crippen LogP contribution in [0.4, 0.5) is 4.39 Å². The summed E-state index contributed by atoms with van der Waals surface area (Å²) in [6.45, 7) is 13.9. The third-order valence-corrected chi connectivity index (χ3v) is 10.0. The molecule has 2 aromatic rings. The molecule has 1 heterocycles. The average Bonchev–Trinajstić information content (AvgIpc) is 2.99. The van der Waals surface area contributed by atoms with Crippen molar-refractivity contribution in [1.29, 1.82) is 0 Å². The quantitative estimate of drug-likeness (QED) is 0.823. The Kier molecular flexibility index (Phi) is 3.92. The second-order valence-electron chi connectivity index (χ2n) is 8.39. The van der Waals surface area contributed by atoms with Gasteiger partial charge in [0, 0.05) is 6.61 Å². The van der Waals surface area contributed by atoms with Crippen LogP contribution in [0.15, 0.2) is 6.07 Å². The van der Waals surface area contributed by atoms with Crippen molar-refractivity contribution in [3.8, 4) is 0 Å². The van der Waals surface area contributed by atoms with Crippen LogP contribution >= 0.6 is 0 Å². The number of halogens is 1. The monoisotopic (exact) mass is 334 g/mol. The molecule has 1 atom stereocenters. The van der Waals surface area contributed by atoms with Gasteiger partial charge >= 0.3 is 0 Å². The van der Waals surface area contributed by atoms with Gasteiger partial charge in [0.25, 0.3) is 0 Å². The molecule has 3 rings (SSSR count). The highest BCUT2D eigenvalue weighted by Crippen LogP contribution is 2.38. The Bertz CT molecular complexity index is 746. The predicted octanol–water partition coefficient (Wildman–Crippen LogP) is 4.75. The van der Waals surface area contributed by atoms with Gasteiger partial charge in [0.1, 0.15) is 11.3 Å². The van der Waals surface area contributed by atoms with Gasteiger partial charge in [0.15, 0.2) is 14.1 Å². The van der Waals surface area contributed by atoms with Crippen LogP contribution in [0.5, 0.6) is 0 Å². The number of H-pyrrole nitrogens is 1. The number of aromatic amines is 1. The number of aromatic nitrogens is 2. The van der Waals surface area contributed by atoms with Crippen molar-refractivity contribution in [2.45, 2.75) is 58.7 Å². The van der Waals surface area contributed by atoms with E-state index in [4.69, 9.17) is 4.43 Å². The highest BCUT2D eigenvalue weighted by atomic mass is 28.4. The fourth-order valence-corrected chi connectivity index (χ4v) is 4.15. The molecule has 1 unspecified atom stereocenters. The van der Waals surface area contributed by atoms with E-state index in [9.17, 15) is 4.39 Å². The van der Waals surface area contributed by atoms with E-state index in [1.165, 1.54) is 0 Å². The summed E-state index contributed by atoms with van der Waals surface area (Å²) >= 11 is 0. The molecule has 3 nitrogen and oxygen atoms in total. The van der Waals surface area contributed by atoms with Crippen LogP contribution in [0.25, 0.3) is 11.0 Å². The molecule has 126 valence electrons. The van der Waals surface area contributed by atoms with Gasteiger partial charge in [-0.1, -0.05) is 20.8 Å². The minimum Gasteiger partial charge on any atom is -0.417 e. The molecule has 23 heavy (non-hydrogen) atoms. The van der Waals surface area contributed by atoms with Gasteiger partial charge in [-0.3, -0.25) is 0 Å². The molecule has 0 saturated carbocycles. The van der Waals surface area contributed by atoms with Crippen molar-refractivity contribution in [2.75, 3.05) is 6.61 Å². The smallest absolute Gasteiger partial charge is 0.191 e. The Morgan fingerprint density at radius 2 is 2.04 bits per heavy atom. The van der Waals surface area contributed by atoms with Gasteiger partial charge in [0.05, 0.1) is 5.52 Å². The largest absolute Gasteiger partial charge is 0.417 e. The zero-order chi connectivity index (χ0) is 17.0. The molecule has 1 aromatic carbocycles. The fraction of sp³-hybridized carbons (Fsp3) is 0.611. The number of aryl methyl sites for hydroxylation is 1. The molecule has 1 aromatic heterocycles. The lowest BCUT2D eigenvalue weighted by molar-refractivity contribution is 0.232. The van der Waals surface area contributed by atoms with Crippen molar-refractivity contribution in [3.05, 3.63) is 28.8 Å². The summed E-state index contributed by atoms with van der Waals surface area (Å²) in [6.07, 6.45) is 1.66. The van der Waals surface area contributed by atoms with Crippen LogP contribution < -0.4 is 0 Å². The third-order valence-electron chi connectivity index (χ3n) is 5.52. The standard InChI is InChI=1S/C18H27FN2OSi/c1-11-20-15-9-13-7-12(8-14(13)16(19)17(15)21-11)10-22-23(5,6)18(2,3)4/h9,12H,7-8,10H2,1-6H3,(H,20,21). The van der Waals surface area contributed by atoms with E-state index in [0.29, 0.717) is 11.4 Å². The van der Waals surface area contributed by atoms with Crippen LogP contribution in [-0.4, -0.2) is 24.9 Å². The second kappa shape index (κ2) is 5.41. The van der Waals surface area contributed by atoms with E-state index in [2.05, 4.69) is 49.9 Å². The Labute approximate surface area is 138 Å². The van der Waals surface area contributed by atoms with Gasteiger partial charge in [-0.15, -0.1) is 0 Å². The summed E-state index contributed by atoms with van der Waals surface area (Å²) in [4.78, 5) is 7.42. The summed E-state index contributed by atoms with van der Waals surface area (Å²) in [6, 6.07) is 2.07. The van der Waals surface area contributed by atoms with Crippen LogP contribution in [-0.2, 0) is 17.3 Å². The molecule has 0 spiro atoms. The fourth-order valence-electron chi connectivity index (χ4n) is 3.06. The molecular formula is C18H27FN2OSi. The highest BCUT2D eigenvalue weighted by molar-refractivity contribution is 6.74. The van der Waals surface area contributed by atoms with Crippen LogP contribution in [0.1, 0.15) is 37.7 Å². The summed E-state index contributed by atoms with van der Waals surface area (Å²) in [5, 5.41) is 0.209. The molecule has 1 aliphatic rings. The predicted molar refractivity (Wildman–Crippen MR) is 94.8 cm³/mol. The molecule has 0 aliphatic heterocycles. The first-order valence-corrected chi connectivity index (χ1v) is 11.3. The van der Waals surface area contributed by atoms with Gasteiger partial charge < -0.3 is 9.41 Å². The van der Waals surface area contributed by atoms with Crippen molar-refractivity contribution < 1.29 is 8.82 Å². The summed E-state index contributed by atoms with van der Waals surface area (Å²) in [5.74, 6) is 0.998. The lowest BCUT2D eigenvalue weighted by Crippen LogP contribution is -2.42. The Balaban J connectivity index is 1.76. The van der Waals surface area contributed by atoms with Gasteiger partial charge in [-0.2, -0.15) is 0 Å².